The van der Waals surface area contributed by atoms with Crippen molar-refractivity contribution in [2.24, 2.45) is 5.73 Å². The van der Waals surface area contributed by atoms with Gasteiger partial charge in [-0.05, 0) is 36.2 Å². The summed E-state index contributed by atoms with van der Waals surface area (Å²) < 4.78 is 0. The molecule has 0 saturated heterocycles. The molecule has 0 heterocycles. The molecule has 0 saturated carbocycles. The van der Waals surface area contributed by atoms with Gasteiger partial charge in [0.15, 0.2) is 5.78 Å². The van der Waals surface area contributed by atoms with Crippen LogP contribution in [0.1, 0.15) is 15.9 Å². The molecule has 4 heteroatoms. The van der Waals surface area contributed by atoms with Gasteiger partial charge in [-0.2, -0.15) is 0 Å². The molecule has 1 atom stereocenters. The van der Waals surface area contributed by atoms with E-state index in [0.717, 1.165) is 5.56 Å². The quantitative estimate of drug-likeness (QED) is 0.730. The summed E-state index contributed by atoms with van der Waals surface area (Å²) in [6, 6.07) is 12.1. The molecule has 0 fully saturated rings. The first-order valence-electron chi connectivity index (χ1n) is 5.93. The highest BCUT2D eigenvalue weighted by molar-refractivity contribution is 6.02. The highest BCUT2D eigenvalue weighted by Crippen LogP contribution is 2.18. The number of ketones is 1. The third-order valence-corrected chi connectivity index (χ3v) is 2.90. The highest BCUT2D eigenvalue weighted by Gasteiger charge is 2.18. The number of aromatic hydroxyl groups is 2. The zero-order chi connectivity index (χ0) is 13.8. The number of benzene rings is 2. The standard InChI is InChI=1S/C15H15NO3/c16-13(9-10-5-7-11(17)8-6-10)15(19)12-3-1-2-4-14(12)18/h1-8,13,17-18H,9,16H2. The Morgan fingerprint density at radius 2 is 1.68 bits per heavy atom. The van der Waals surface area contributed by atoms with E-state index in [9.17, 15) is 15.0 Å². The van der Waals surface area contributed by atoms with Crippen molar-refractivity contribution in [2.75, 3.05) is 0 Å². The highest BCUT2D eigenvalue weighted by atomic mass is 16.3. The Bertz CT molecular complexity index is 578. The van der Waals surface area contributed by atoms with Crippen LogP contribution in [0.5, 0.6) is 11.5 Å². The van der Waals surface area contributed by atoms with Gasteiger partial charge in [-0.1, -0.05) is 24.3 Å². The number of para-hydroxylation sites is 1. The van der Waals surface area contributed by atoms with Crippen LogP contribution in [0.4, 0.5) is 0 Å². The van der Waals surface area contributed by atoms with Crippen LogP contribution in [0, 0.1) is 0 Å². The second-order valence-electron chi connectivity index (χ2n) is 4.36. The van der Waals surface area contributed by atoms with Crippen molar-refractivity contribution in [3.05, 3.63) is 59.7 Å². The largest absolute Gasteiger partial charge is 0.508 e. The zero-order valence-electron chi connectivity index (χ0n) is 10.3. The summed E-state index contributed by atoms with van der Waals surface area (Å²) in [6.07, 6.45) is 0.355. The zero-order valence-corrected chi connectivity index (χ0v) is 10.3. The van der Waals surface area contributed by atoms with Gasteiger partial charge in [-0.3, -0.25) is 4.79 Å². The van der Waals surface area contributed by atoms with Gasteiger partial charge in [0.05, 0.1) is 11.6 Å². The number of phenols is 2. The summed E-state index contributed by atoms with van der Waals surface area (Å²) >= 11 is 0. The molecule has 0 aromatic heterocycles. The molecule has 2 aromatic carbocycles. The maximum absolute atomic E-state index is 12.1. The second-order valence-corrected chi connectivity index (χ2v) is 4.36. The van der Waals surface area contributed by atoms with E-state index in [-0.39, 0.29) is 22.8 Å². The van der Waals surface area contributed by atoms with E-state index in [1.165, 1.54) is 6.07 Å². The Morgan fingerprint density at radius 3 is 2.32 bits per heavy atom. The minimum atomic E-state index is -0.724. The van der Waals surface area contributed by atoms with E-state index in [2.05, 4.69) is 0 Å². The van der Waals surface area contributed by atoms with E-state index in [1.54, 1.807) is 42.5 Å². The van der Waals surface area contributed by atoms with Gasteiger partial charge in [-0.25, -0.2) is 0 Å². The van der Waals surface area contributed by atoms with Crippen molar-refractivity contribution in [1.29, 1.82) is 0 Å². The summed E-state index contributed by atoms with van der Waals surface area (Å²) in [5, 5.41) is 18.8. The number of nitrogens with two attached hydrogens (primary N) is 1. The molecule has 1 unspecified atom stereocenters. The van der Waals surface area contributed by atoms with Crippen molar-refractivity contribution in [3.8, 4) is 11.5 Å². The van der Waals surface area contributed by atoms with E-state index in [0.29, 0.717) is 6.42 Å². The van der Waals surface area contributed by atoms with E-state index in [4.69, 9.17) is 5.73 Å². The average molecular weight is 257 g/mol. The van der Waals surface area contributed by atoms with Crippen molar-refractivity contribution in [2.45, 2.75) is 12.5 Å². The van der Waals surface area contributed by atoms with Crippen LogP contribution in [-0.2, 0) is 6.42 Å². The first kappa shape index (κ1) is 13.1. The predicted molar refractivity (Wildman–Crippen MR) is 72.2 cm³/mol. The lowest BCUT2D eigenvalue weighted by molar-refractivity contribution is 0.0958. The normalized spacial score (nSPS) is 12.1. The van der Waals surface area contributed by atoms with Gasteiger partial charge in [-0.15, -0.1) is 0 Å². The van der Waals surface area contributed by atoms with Crippen LogP contribution in [0.3, 0.4) is 0 Å². The van der Waals surface area contributed by atoms with Crippen LogP contribution < -0.4 is 5.73 Å². The smallest absolute Gasteiger partial charge is 0.183 e. The third kappa shape index (κ3) is 3.11. The van der Waals surface area contributed by atoms with Crippen LogP contribution in [0.25, 0.3) is 0 Å². The first-order chi connectivity index (χ1) is 9.08. The molecule has 4 nitrogen and oxygen atoms in total. The molecule has 19 heavy (non-hydrogen) atoms. The number of hydrogen-bond acceptors (Lipinski definition) is 4. The van der Waals surface area contributed by atoms with E-state index >= 15 is 0 Å². The average Bonchev–Trinajstić information content (AvgIpc) is 2.41. The Kier molecular flexibility index (Phi) is 3.82. The van der Waals surface area contributed by atoms with Gasteiger partial charge < -0.3 is 15.9 Å². The van der Waals surface area contributed by atoms with Crippen LogP contribution in [-0.4, -0.2) is 22.0 Å². The molecule has 0 amide bonds. The van der Waals surface area contributed by atoms with Crippen LogP contribution in [0.2, 0.25) is 0 Å². The Balaban J connectivity index is 2.12. The minimum Gasteiger partial charge on any atom is -0.508 e. The maximum atomic E-state index is 12.1. The molecule has 0 aliphatic heterocycles. The molecule has 0 radical (unpaired) electrons. The van der Waals surface area contributed by atoms with Gasteiger partial charge in [0, 0.05) is 0 Å². The molecule has 0 bridgehead atoms. The van der Waals surface area contributed by atoms with Gasteiger partial charge in [0.2, 0.25) is 0 Å². The van der Waals surface area contributed by atoms with Crippen molar-refractivity contribution in [3.63, 3.8) is 0 Å². The first-order valence-corrected chi connectivity index (χ1v) is 5.93. The topological polar surface area (TPSA) is 83.5 Å². The number of carbonyl (C=O) groups is 1. The van der Waals surface area contributed by atoms with E-state index < -0.39 is 6.04 Å². The van der Waals surface area contributed by atoms with Crippen molar-refractivity contribution in [1.82, 2.24) is 0 Å². The monoisotopic (exact) mass is 257 g/mol. The maximum Gasteiger partial charge on any atom is 0.183 e. The van der Waals surface area contributed by atoms with Crippen LogP contribution in [0.15, 0.2) is 48.5 Å². The Labute approximate surface area is 111 Å². The van der Waals surface area contributed by atoms with Crippen molar-refractivity contribution < 1.29 is 15.0 Å². The fourth-order valence-corrected chi connectivity index (χ4v) is 1.86. The molecular formula is C15H15NO3. The minimum absolute atomic E-state index is 0.0614. The van der Waals surface area contributed by atoms with Crippen molar-refractivity contribution >= 4 is 5.78 Å². The summed E-state index contributed by atoms with van der Waals surface area (Å²) in [5.74, 6) is -0.191. The summed E-state index contributed by atoms with van der Waals surface area (Å²) in [5.41, 5.74) is 6.95. The molecule has 4 N–H and O–H groups in total. The SMILES string of the molecule is NC(Cc1ccc(O)cc1)C(=O)c1ccccc1O. The van der Waals surface area contributed by atoms with Gasteiger partial charge in [0.25, 0.3) is 0 Å². The fourth-order valence-electron chi connectivity index (χ4n) is 1.86. The summed E-state index contributed by atoms with van der Waals surface area (Å²) in [4.78, 5) is 12.1. The van der Waals surface area contributed by atoms with Crippen LogP contribution >= 0.6 is 0 Å². The predicted octanol–water partition coefficient (Wildman–Crippen LogP) is 1.85. The fraction of sp³-hybridized carbons (Fsp3) is 0.133. The molecular weight excluding hydrogens is 242 g/mol. The lowest BCUT2D eigenvalue weighted by Gasteiger charge is -2.11. The van der Waals surface area contributed by atoms with Gasteiger partial charge in [0.1, 0.15) is 11.5 Å². The number of hydrogen-bond donors (Lipinski definition) is 3. The molecule has 0 spiro atoms. The summed E-state index contributed by atoms with van der Waals surface area (Å²) in [7, 11) is 0. The Hall–Kier alpha value is -2.33. The molecule has 2 rings (SSSR count). The second kappa shape index (κ2) is 5.54. The number of phenolic OH excluding ortho intramolecular Hbond substituents is 2. The molecule has 0 aliphatic carbocycles. The lowest BCUT2D eigenvalue weighted by Crippen LogP contribution is -2.32. The number of carbonyl (C=O) groups excluding carboxylic acids is 1. The van der Waals surface area contributed by atoms with E-state index in [1.807, 2.05) is 0 Å². The number of Topliss-reactive ketones (excluding diaryl/α,β-unsaturated/α-hetero) is 1. The number of rotatable bonds is 4. The molecule has 98 valence electrons. The Morgan fingerprint density at radius 1 is 1.05 bits per heavy atom. The van der Waals surface area contributed by atoms with Gasteiger partial charge >= 0.3 is 0 Å². The lowest BCUT2D eigenvalue weighted by atomic mass is 9.98. The summed E-state index contributed by atoms with van der Waals surface area (Å²) in [6.45, 7) is 0. The third-order valence-electron chi connectivity index (χ3n) is 2.90. The molecule has 2 aromatic rings. The molecule has 0 aliphatic rings.